The van der Waals surface area contributed by atoms with Crippen LogP contribution in [-0.4, -0.2) is 35.2 Å². The Morgan fingerprint density at radius 1 is 1.11 bits per heavy atom. The zero-order chi connectivity index (χ0) is 15.3. The number of aliphatic hydroxyl groups is 2. The van der Waals surface area contributed by atoms with Crippen molar-refractivity contribution in [1.82, 2.24) is 0 Å². The van der Waals surface area contributed by atoms with Crippen molar-refractivity contribution in [1.29, 1.82) is 0 Å². The number of unbranched alkanes of at least 4 members (excludes halogenated alkanes) is 1. The van der Waals surface area contributed by atoms with Crippen LogP contribution in [0.25, 0.3) is 0 Å². The molecule has 0 spiro atoms. The molecule has 6 heteroatoms. The average molecular weight is 272 g/mol. The molecule has 0 aliphatic heterocycles. The molecule has 0 aliphatic rings. The quantitative estimate of drug-likeness (QED) is 0.366. The van der Waals surface area contributed by atoms with Gasteiger partial charge in [-0.15, -0.1) is 0 Å². The van der Waals surface area contributed by atoms with Gasteiger partial charge in [-0.1, -0.05) is 12.7 Å². The molecule has 6 N–H and O–H groups in total. The molecule has 110 valence electrons. The van der Waals surface area contributed by atoms with Crippen molar-refractivity contribution in [3.8, 4) is 0 Å². The Hall–Kier alpha value is -1.66. The highest BCUT2D eigenvalue weighted by atomic mass is 16.3. The molecule has 0 atom stereocenters. The second kappa shape index (κ2) is 12.8. The third-order valence-electron chi connectivity index (χ3n) is 2.19. The summed E-state index contributed by atoms with van der Waals surface area (Å²) in [6.07, 6.45) is 4.18. The molecule has 0 saturated heterocycles. The van der Waals surface area contributed by atoms with Crippen molar-refractivity contribution in [3.63, 3.8) is 0 Å². The number of primary amides is 2. The van der Waals surface area contributed by atoms with Crippen LogP contribution in [0.1, 0.15) is 32.6 Å². The van der Waals surface area contributed by atoms with Crippen molar-refractivity contribution in [2.45, 2.75) is 32.6 Å². The summed E-state index contributed by atoms with van der Waals surface area (Å²) in [5, 5.41) is 16.7. The van der Waals surface area contributed by atoms with Crippen LogP contribution in [0.5, 0.6) is 0 Å². The van der Waals surface area contributed by atoms with Gasteiger partial charge in [0.1, 0.15) is 0 Å². The van der Waals surface area contributed by atoms with Crippen LogP contribution in [0.2, 0.25) is 0 Å². The Balaban J connectivity index is 0. The molecular formula is C13H24N2O4. The summed E-state index contributed by atoms with van der Waals surface area (Å²) in [6, 6.07) is 0. The van der Waals surface area contributed by atoms with E-state index in [-0.39, 0.29) is 13.2 Å². The number of carbonyl (C=O) groups excluding carboxylic acids is 2. The fraction of sp³-hybridized carbons (Fsp3) is 0.538. The van der Waals surface area contributed by atoms with Crippen LogP contribution in [0, 0.1) is 0 Å². The van der Waals surface area contributed by atoms with E-state index in [2.05, 4.69) is 6.58 Å². The first kappa shape index (κ1) is 19.7. The normalized spacial score (nSPS) is 10.4. The van der Waals surface area contributed by atoms with E-state index in [1.54, 1.807) is 13.0 Å². The van der Waals surface area contributed by atoms with Crippen molar-refractivity contribution in [3.05, 3.63) is 23.8 Å². The summed E-state index contributed by atoms with van der Waals surface area (Å²) < 4.78 is 0. The first-order valence-electron chi connectivity index (χ1n) is 6.02. The zero-order valence-corrected chi connectivity index (χ0v) is 11.4. The predicted octanol–water partition coefficient (Wildman–Crippen LogP) is -0.00910. The second-order valence-electron chi connectivity index (χ2n) is 3.91. The van der Waals surface area contributed by atoms with Crippen LogP contribution in [-0.2, 0) is 9.59 Å². The molecule has 19 heavy (non-hydrogen) atoms. The maximum Gasteiger partial charge on any atom is 0.244 e. The van der Waals surface area contributed by atoms with Crippen LogP contribution < -0.4 is 11.5 Å². The standard InChI is InChI=1S/C7H13NO2.C6H11NO2/c1-6(7(8)10)4-2-3-5-9;1-5(6(7)9)3-2-4-8/h4,9H,2-3,5H2,1H3,(H2,8,10);8H,1-4H2,(H2,7,9)/b6-4+;. The van der Waals surface area contributed by atoms with E-state index < -0.39 is 11.8 Å². The lowest BCUT2D eigenvalue weighted by Gasteiger charge is -1.95. The van der Waals surface area contributed by atoms with E-state index in [0.29, 0.717) is 36.8 Å². The number of hydrogen-bond acceptors (Lipinski definition) is 4. The molecule has 0 heterocycles. The van der Waals surface area contributed by atoms with Gasteiger partial charge >= 0.3 is 0 Å². The van der Waals surface area contributed by atoms with Gasteiger partial charge < -0.3 is 21.7 Å². The lowest BCUT2D eigenvalue weighted by molar-refractivity contribution is -0.115. The number of rotatable bonds is 8. The smallest absolute Gasteiger partial charge is 0.244 e. The Morgan fingerprint density at radius 3 is 2.00 bits per heavy atom. The molecule has 0 bridgehead atoms. The van der Waals surface area contributed by atoms with E-state index in [1.807, 2.05) is 0 Å². The lowest BCUT2D eigenvalue weighted by atomic mass is 10.2. The molecule has 0 aromatic carbocycles. The summed E-state index contributed by atoms with van der Waals surface area (Å²) in [5.41, 5.74) is 10.7. The van der Waals surface area contributed by atoms with Crippen LogP contribution in [0.4, 0.5) is 0 Å². The molecule has 0 rings (SSSR count). The fourth-order valence-electron chi connectivity index (χ4n) is 0.926. The Kier molecular flexibility index (Phi) is 13.2. The highest BCUT2D eigenvalue weighted by molar-refractivity contribution is 5.91. The van der Waals surface area contributed by atoms with E-state index in [4.69, 9.17) is 21.7 Å². The molecule has 0 fully saturated rings. The van der Waals surface area contributed by atoms with Crippen LogP contribution in [0.15, 0.2) is 23.8 Å². The third-order valence-corrected chi connectivity index (χ3v) is 2.19. The molecule has 2 amide bonds. The minimum Gasteiger partial charge on any atom is -0.396 e. The van der Waals surface area contributed by atoms with Gasteiger partial charge in [-0.05, 0) is 32.6 Å². The molecule has 0 aromatic heterocycles. The monoisotopic (exact) mass is 272 g/mol. The summed E-state index contributed by atoms with van der Waals surface area (Å²) >= 11 is 0. The predicted molar refractivity (Wildman–Crippen MR) is 73.9 cm³/mol. The van der Waals surface area contributed by atoms with E-state index in [0.717, 1.165) is 0 Å². The van der Waals surface area contributed by atoms with E-state index in [1.165, 1.54) is 0 Å². The van der Waals surface area contributed by atoms with Gasteiger partial charge in [-0.25, -0.2) is 0 Å². The summed E-state index contributed by atoms with van der Waals surface area (Å²) in [4.78, 5) is 20.6. The molecule has 6 nitrogen and oxygen atoms in total. The largest absolute Gasteiger partial charge is 0.396 e. The fourth-order valence-corrected chi connectivity index (χ4v) is 0.926. The lowest BCUT2D eigenvalue weighted by Crippen LogP contribution is -2.13. The highest BCUT2D eigenvalue weighted by Gasteiger charge is 1.98. The van der Waals surface area contributed by atoms with Crippen molar-refractivity contribution < 1.29 is 19.8 Å². The minimum absolute atomic E-state index is 0.0757. The summed E-state index contributed by atoms with van der Waals surface area (Å²) in [7, 11) is 0. The minimum atomic E-state index is -0.483. The van der Waals surface area contributed by atoms with Gasteiger partial charge in [0.15, 0.2) is 0 Å². The summed E-state index contributed by atoms with van der Waals surface area (Å²) in [6.45, 7) is 5.30. The maximum atomic E-state index is 10.4. The van der Waals surface area contributed by atoms with Gasteiger partial charge in [0, 0.05) is 24.4 Å². The maximum absolute atomic E-state index is 10.4. The number of hydrogen-bond donors (Lipinski definition) is 4. The SMILES string of the molecule is C/C(=C\CCCO)C(N)=O.C=C(CCCO)C(N)=O. The molecule has 0 saturated carbocycles. The molecule has 0 aromatic rings. The second-order valence-corrected chi connectivity index (χ2v) is 3.91. The van der Waals surface area contributed by atoms with Gasteiger partial charge in [0.25, 0.3) is 0 Å². The Morgan fingerprint density at radius 2 is 1.63 bits per heavy atom. The van der Waals surface area contributed by atoms with Crippen LogP contribution >= 0.6 is 0 Å². The highest BCUT2D eigenvalue weighted by Crippen LogP contribution is 1.99. The van der Waals surface area contributed by atoms with Gasteiger partial charge in [0.2, 0.25) is 11.8 Å². The van der Waals surface area contributed by atoms with Crippen molar-refractivity contribution >= 4 is 11.8 Å². The number of nitrogens with two attached hydrogens (primary N) is 2. The first-order valence-corrected chi connectivity index (χ1v) is 6.02. The molecule has 0 unspecified atom stereocenters. The molecule has 0 aliphatic carbocycles. The van der Waals surface area contributed by atoms with E-state index >= 15 is 0 Å². The number of allylic oxidation sites excluding steroid dienone is 1. The van der Waals surface area contributed by atoms with Gasteiger partial charge in [0.05, 0.1) is 0 Å². The van der Waals surface area contributed by atoms with Gasteiger partial charge in [-0.2, -0.15) is 0 Å². The number of amides is 2. The molecule has 0 radical (unpaired) electrons. The average Bonchev–Trinajstić information content (AvgIpc) is 2.36. The topological polar surface area (TPSA) is 127 Å². The van der Waals surface area contributed by atoms with Crippen LogP contribution in [0.3, 0.4) is 0 Å². The Bertz CT molecular complexity index is 325. The van der Waals surface area contributed by atoms with Gasteiger partial charge in [-0.3, -0.25) is 9.59 Å². The number of aliphatic hydroxyl groups excluding tert-OH is 2. The third kappa shape index (κ3) is 14.3. The Labute approximate surface area is 113 Å². The van der Waals surface area contributed by atoms with E-state index in [9.17, 15) is 9.59 Å². The zero-order valence-electron chi connectivity index (χ0n) is 11.4. The number of carbonyl (C=O) groups is 2. The first-order chi connectivity index (χ1) is 8.86. The van der Waals surface area contributed by atoms with Crippen molar-refractivity contribution in [2.24, 2.45) is 11.5 Å². The molecular weight excluding hydrogens is 248 g/mol. The summed E-state index contributed by atoms with van der Waals surface area (Å²) in [5.74, 6) is -0.874. The van der Waals surface area contributed by atoms with Crippen molar-refractivity contribution in [2.75, 3.05) is 13.2 Å².